The molecule has 12 rings (SSSR count). The van der Waals surface area contributed by atoms with Crippen LogP contribution in [0, 0.1) is 0 Å². The van der Waals surface area contributed by atoms with Gasteiger partial charge in [-0.25, -0.2) is 0 Å². The molecule has 0 unspecified atom stereocenters. The van der Waals surface area contributed by atoms with E-state index in [0.29, 0.717) is 0 Å². The molecule has 2 nitrogen and oxygen atoms in total. The lowest BCUT2D eigenvalue weighted by atomic mass is 9.94. The van der Waals surface area contributed by atoms with Crippen molar-refractivity contribution in [2.45, 2.75) is 0 Å². The molecular weight excluding hydrogens is 759 g/mol. The van der Waals surface area contributed by atoms with Gasteiger partial charge in [0.1, 0.15) is 11.2 Å². The Hall–Kier alpha value is -7.72. The molecule has 0 saturated heterocycles. The molecule has 0 bridgehead atoms. The predicted octanol–water partition coefficient (Wildman–Crippen LogP) is 17.2. The lowest BCUT2D eigenvalue weighted by Crippen LogP contribution is -2.10. The first kappa shape index (κ1) is 35.2. The third-order valence-electron chi connectivity index (χ3n) is 12.1. The maximum absolute atomic E-state index is 6.27. The Kier molecular flexibility index (Phi) is 8.39. The first-order valence-corrected chi connectivity index (χ1v) is 21.5. The highest BCUT2D eigenvalue weighted by Gasteiger charge is 2.18. The number of rotatable bonds is 7. The van der Waals surface area contributed by atoms with Gasteiger partial charge in [0.05, 0.1) is 0 Å². The smallest absolute Gasteiger partial charge is 0.136 e. The number of nitrogens with zero attached hydrogens (tertiary/aromatic N) is 1. The van der Waals surface area contributed by atoms with E-state index >= 15 is 0 Å². The highest BCUT2D eigenvalue weighted by molar-refractivity contribution is 7.25. The van der Waals surface area contributed by atoms with E-state index in [1.165, 1.54) is 58.8 Å². The van der Waals surface area contributed by atoms with Gasteiger partial charge in [0.25, 0.3) is 0 Å². The molecule has 0 spiro atoms. The van der Waals surface area contributed by atoms with E-state index in [1.807, 2.05) is 23.5 Å². The van der Waals surface area contributed by atoms with Crippen molar-refractivity contribution in [1.82, 2.24) is 0 Å². The molecule has 0 radical (unpaired) electrons. The normalized spacial score (nSPS) is 11.6. The van der Waals surface area contributed by atoms with E-state index in [4.69, 9.17) is 4.42 Å². The van der Waals surface area contributed by atoms with Gasteiger partial charge in [-0.15, -0.1) is 11.3 Å². The molecule has 2 aromatic heterocycles. The Balaban J connectivity index is 0.961. The van der Waals surface area contributed by atoms with Crippen LogP contribution in [0.3, 0.4) is 0 Å². The summed E-state index contributed by atoms with van der Waals surface area (Å²) >= 11 is 1.85. The van der Waals surface area contributed by atoms with Crippen LogP contribution in [0.5, 0.6) is 0 Å². The van der Waals surface area contributed by atoms with Gasteiger partial charge in [0, 0.05) is 48.0 Å². The topological polar surface area (TPSA) is 16.4 Å². The molecular formula is C58H37NOS. The van der Waals surface area contributed by atoms with Crippen LogP contribution in [0.25, 0.3) is 97.4 Å². The fourth-order valence-electron chi connectivity index (χ4n) is 9.13. The van der Waals surface area contributed by atoms with Crippen LogP contribution in [0.1, 0.15) is 0 Å². The second-order valence-corrected chi connectivity index (χ2v) is 16.8. The summed E-state index contributed by atoms with van der Waals surface area (Å²) in [4.78, 5) is 2.40. The molecule has 0 fully saturated rings. The van der Waals surface area contributed by atoms with Crippen molar-refractivity contribution in [1.29, 1.82) is 0 Å². The minimum Gasteiger partial charge on any atom is -0.456 e. The minimum absolute atomic E-state index is 0.904. The first-order valence-electron chi connectivity index (χ1n) is 20.7. The molecule has 0 aliphatic carbocycles. The third-order valence-corrected chi connectivity index (χ3v) is 13.2. The zero-order valence-electron chi connectivity index (χ0n) is 33.1. The molecule has 286 valence electrons. The average Bonchev–Trinajstić information content (AvgIpc) is 3.90. The number of furan rings is 1. The van der Waals surface area contributed by atoms with E-state index in [9.17, 15) is 0 Å². The zero-order chi connectivity index (χ0) is 40.3. The van der Waals surface area contributed by atoms with E-state index in [0.717, 1.165) is 55.7 Å². The van der Waals surface area contributed by atoms with Gasteiger partial charge in [0.15, 0.2) is 0 Å². The zero-order valence-corrected chi connectivity index (χ0v) is 33.9. The number of benzene rings is 10. The van der Waals surface area contributed by atoms with Gasteiger partial charge in [-0.1, -0.05) is 158 Å². The van der Waals surface area contributed by atoms with Crippen molar-refractivity contribution in [3.63, 3.8) is 0 Å². The predicted molar refractivity (Wildman–Crippen MR) is 261 cm³/mol. The van der Waals surface area contributed by atoms with E-state index < -0.39 is 0 Å². The van der Waals surface area contributed by atoms with Gasteiger partial charge in [0.2, 0.25) is 0 Å². The fourth-order valence-corrected chi connectivity index (χ4v) is 10.3. The summed E-state index contributed by atoms with van der Waals surface area (Å²) in [6.45, 7) is 0. The molecule has 0 aliphatic rings. The van der Waals surface area contributed by atoms with Crippen molar-refractivity contribution in [3.05, 3.63) is 224 Å². The molecule has 12 aromatic rings. The Morgan fingerprint density at radius 2 is 0.934 bits per heavy atom. The van der Waals surface area contributed by atoms with Crippen LogP contribution in [-0.2, 0) is 0 Å². The maximum Gasteiger partial charge on any atom is 0.136 e. The molecule has 3 heteroatoms. The van der Waals surface area contributed by atoms with Crippen LogP contribution in [0.4, 0.5) is 17.1 Å². The van der Waals surface area contributed by atoms with Gasteiger partial charge in [-0.2, -0.15) is 0 Å². The Labute approximate surface area is 357 Å². The van der Waals surface area contributed by atoms with Gasteiger partial charge < -0.3 is 9.32 Å². The minimum atomic E-state index is 0.904. The van der Waals surface area contributed by atoms with Crippen LogP contribution in [0.2, 0.25) is 0 Å². The van der Waals surface area contributed by atoms with Crippen LogP contribution in [0.15, 0.2) is 229 Å². The number of fused-ring (bicyclic) bond motifs is 7. The molecule has 0 N–H and O–H groups in total. The summed E-state index contributed by atoms with van der Waals surface area (Å²) in [5, 5.41) is 7.37. The lowest BCUT2D eigenvalue weighted by Gasteiger charge is -2.26. The summed E-state index contributed by atoms with van der Waals surface area (Å²) in [6, 6.07) is 81.3. The summed E-state index contributed by atoms with van der Waals surface area (Å²) < 4.78 is 8.84. The van der Waals surface area contributed by atoms with Crippen molar-refractivity contribution in [2.24, 2.45) is 0 Å². The second kappa shape index (κ2) is 14.5. The molecule has 0 atom stereocenters. The SMILES string of the molecule is c1ccc(-c2cccc3ccc(-c4ccc(N(c5cccc(-c6cccc(-c7cccc8oc9ccccc9c78)c6)c5)c5ccc6c(c5)sc5ccccc56)cc4)cc23)cc1. The Bertz CT molecular complexity index is 3600. The van der Waals surface area contributed by atoms with Crippen molar-refractivity contribution >= 4 is 81.3 Å². The highest BCUT2D eigenvalue weighted by atomic mass is 32.1. The summed E-state index contributed by atoms with van der Waals surface area (Å²) in [7, 11) is 0. The monoisotopic (exact) mass is 795 g/mol. The third kappa shape index (κ3) is 6.18. The fraction of sp³-hybridized carbons (Fsp3) is 0. The molecule has 2 heterocycles. The van der Waals surface area contributed by atoms with Gasteiger partial charge in [-0.05, 0) is 122 Å². The Morgan fingerprint density at radius 1 is 0.311 bits per heavy atom. The van der Waals surface area contributed by atoms with Crippen molar-refractivity contribution < 1.29 is 4.42 Å². The van der Waals surface area contributed by atoms with Crippen LogP contribution >= 0.6 is 11.3 Å². The van der Waals surface area contributed by atoms with E-state index in [2.05, 4.69) is 217 Å². The quantitative estimate of drug-likeness (QED) is 0.160. The molecule has 0 amide bonds. The first-order chi connectivity index (χ1) is 30.2. The Morgan fingerprint density at radius 3 is 1.84 bits per heavy atom. The molecule has 10 aromatic carbocycles. The van der Waals surface area contributed by atoms with Crippen molar-refractivity contribution in [3.8, 4) is 44.5 Å². The lowest BCUT2D eigenvalue weighted by molar-refractivity contribution is 0.669. The number of hydrogen-bond donors (Lipinski definition) is 0. The van der Waals surface area contributed by atoms with Gasteiger partial charge in [-0.3, -0.25) is 0 Å². The number of hydrogen-bond acceptors (Lipinski definition) is 3. The molecule has 0 saturated carbocycles. The largest absolute Gasteiger partial charge is 0.456 e. The van der Waals surface area contributed by atoms with Crippen LogP contribution in [-0.4, -0.2) is 0 Å². The van der Waals surface area contributed by atoms with Crippen molar-refractivity contribution in [2.75, 3.05) is 4.90 Å². The maximum atomic E-state index is 6.27. The summed E-state index contributed by atoms with van der Waals surface area (Å²) in [6.07, 6.45) is 0. The van der Waals surface area contributed by atoms with Crippen LogP contribution < -0.4 is 4.90 Å². The summed E-state index contributed by atoms with van der Waals surface area (Å²) in [5.74, 6) is 0. The van der Waals surface area contributed by atoms with Gasteiger partial charge >= 0.3 is 0 Å². The highest BCUT2D eigenvalue weighted by Crippen LogP contribution is 2.43. The molecule has 61 heavy (non-hydrogen) atoms. The van der Waals surface area contributed by atoms with E-state index in [1.54, 1.807) is 0 Å². The second-order valence-electron chi connectivity index (χ2n) is 15.7. The number of anilines is 3. The van der Waals surface area contributed by atoms with E-state index in [-0.39, 0.29) is 0 Å². The summed E-state index contributed by atoms with van der Waals surface area (Å²) in [5.41, 5.74) is 14.6. The number of para-hydroxylation sites is 1. The standard InChI is InChI=1S/C58H37NOS/c1-2-12-39(13-3-1)48-21-10-14-40-26-27-43(36-53(40)48)38-28-30-45(31-29-38)59(47-32-33-51-50-19-5-7-25-56(50)61-57(51)37-47)46-18-9-16-42(35-46)41-15-8-17-44(34-41)49-22-11-24-55-58(49)52-20-4-6-23-54(52)60-55/h1-37H. The number of thiophene rings is 1. The molecule has 0 aliphatic heterocycles. The average molecular weight is 796 g/mol.